The molecule has 2 unspecified atom stereocenters. The predicted molar refractivity (Wildman–Crippen MR) is 119 cm³/mol. The molecule has 1 heterocycles. The summed E-state index contributed by atoms with van der Waals surface area (Å²) in [6.45, 7) is 4.46. The minimum atomic E-state index is -3.62. The maximum atomic E-state index is 13.0. The van der Waals surface area contributed by atoms with Gasteiger partial charge in [-0.05, 0) is 41.4 Å². The lowest BCUT2D eigenvalue weighted by atomic mass is 9.86. The second kappa shape index (κ2) is 7.82. The van der Waals surface area contributed by atoms with Crippen LogP contribution >= 0.6 is 0 Å². The van der Waals surface area contributed by atoms with Crippen molar-refractivity contribution in [2.75, 3.05) is 12.3 Å². The van der Waals surface area contributed by atoms with Gasteiger partial charge >= 0.3 is 0 Å². The van der Waals surface area contributed by atoms with Crippen molar-refractivity contribution >= 4 is 15.9 Å². The van der Waals surface area contributed by atoms with E-state index >= 15 is 0 Å². The Morgan fingerprint density at radius 1 is 1.10 bits per heavy atom. The van der Waals surface area contributed by atoms with Crippen LogP contribution in [0, 0.1) is 17.3 Å². The van der Waals surface area contributed by atoms with Gasteiger partial charge in [0.1, 0.15) is 0 Å². The molecule has 1 amide bonds. The number of hydrogen-bond donors (Lipinski definition) is 1. The first-order chi connectivity index (χ1) is 14.2. The second-order valence-electron chi connectivity index (χ2n) is 9.26. The number of nitrogens with zero attached hydrogens (tertiary/aromatic N) is 1. The Kier molecular flexibility index (Phi) is 5.49. The van der Waals surface area contributed by atoms with E-state index in [0.717, 1.165) is 29.5 Å². The molecule has 1 aliphatic carbocycles. The Balaban J connectivity index is 1.67. The summed E-state index contributed by atoms with van der Waals surface area (Å²) < 4.78 is 24.0. The van der Waals surface area contributed by atoms with Gasteiger partial charge in [-0.15, -0.1) is 0 Å². The van der Waals surface area contributed by atoms with Crippen molar-refractivity contribution in [1.29, 1.82) is 0 Å². The minimum Gasteiger partial charge on any atom is -0.338 e. The molecular weight excluding hydrogens is 396 g/mol. The van der Waals surface area contributed by atoms with Crippen molar-refractivity contribution in [2.45, 2.75) is 39.2 Å². The fourth-order valence-corrected chi connectivity index (χ4v) is 6.08. The van der Waals surface area contributed by atoms with E-state index in [1.165, 1.54) is 0 Å². The third kappa shape index (κ3) is 4.30. The molecule has 2 aliphatic rings. The van der Waals surface area contributed by atoms with Crippen LogP contribution in [0.25, 0.3) is 11.1 Å². The molecule has 4 rings (SSSR count). The van der Waals surface area contributed by atoms with Gasteiger partial charge in [0.2, 0.25) is 15.9 Å². The second-order valence-corrected chi connectivity index (χ2v) is 10.9. The molecule has 2 atom stereocenters. The fraction of sp³-hybridized carbons (Fsp3) is 0.458. The summed E-state index contributed by atoms with van der Waals surface area (Å²) >= 11 is 0. The quantitative estimate of drug-likeness (QED) is 0.768. The Morgan fingerprint density at radius 2 is 1.77 bits per heavy atom. The Labute approximate surface area is 179 Å². The van der Waals surface area contributed by atoms with E-state index in [-0.39, 0.29) is 35.0 Å². The van der Waals surface area contributed by atoms with Crippen molar-refractivity contribution in [2.24, 2.45) is 22.4 Å². The summed E-state index contributed by atoms with van der Waals surface area (Å²) in [5.74, 6) is -0.192. The molecule has 1 aliphatic heterocycles. The smallest absolute Gasteiger partial charge is 0.225 e. The van der Waals surface area contributed by atoms with Gasteiger partial charge in [-0.3, -0.25) is 4.79 Å². The van der Waals surface area contributed by atoms with Crippen molar-refractivity contribution in [3.63, 3.8) is 0 Å². The van der Waals surface area contributed by atoms with Crippen molar-refractivity contribution in [3.05, 3.63) is 60.2 Å². The fourth-order valence-electron chi connectivity index (χ4n) is 5.00. The SMILES string of the molecule is CC(C)C(=O)N1CC2(CC2)C(CS(N)(=O)=O)C1Cc1cccc(-c2ccccc2)c1. The van der Waals surface area contributed by atoms with Crippen LogP contribution in [0.3, 0.4) is 0 Å². The lowest BCUT2D eigenvalue weighted by molar-refractivity contribution is -0.135. The largest absolute Gasteiger partial charge is 0.338 e. The maximum absolute atomic E-state index is 13.0. The first kappa shape index (κ1) is 21.1. The zero-order chi connectivity index (χ0) is 21.5. The van der Waals surface area contributed by atoms with Gasteiger partial charge in [0.25, 0.3) is 0 Å². The molecule has 1 spiro atoms. The lowest BCUT2D eigenvalue weighted by Crippen LogP contribution is -2.43. The molecule has 2 aromatic rings. The van der Waals surface area contributed by atoms with Crippen LogP contribution in [-0.4, -0.2) is 37.6 Å². The minimum absolute atomic E-state index is 0.0576. The van der Waals surface area contributed by atoms with E-state index in [2.05, 4.69) is 30.3 Å². The topological polar surface area (TPSA) is 80.5 Å². The number of sulfonamides is 1. The van der Waals surface area contributed by atoms with E-state index in [0.29, 0.717) is 13.0 Å². The highest BCUT2D eigenvalue weighted by atomic mass is 32.2. The highest BCUT2D eigenvalue weighted by molar-refractivity contribution is 7.89. The first-order valence-electron chi connectivity index (χ1n) is 10.6. The highest BCUT2D eigenvalue weighted by Gasteiger charge is 2.60. The average Bonchev–Trinajstić information content (AvgIpc) is 3.43. The van der Waals surface area contributed by atoms with Crippen LogP contribution in [0.2, 0.25) is 0 Å². The molecule has 1 saturated heterocycles. The zero-order valence-corrected chi connectivity index (χ0v) is 18.4. The Bertz CT molecular complexity index is 1030. The molecule has 2 N–H and O–H groups in total. The molecule has 1 saturated carbocycles. The number of hydrogen-bond acceptors (Lipinski definition) is 3. The van der Waals surface area contributed by atoms with Gasteiger partial charge in [-0.25, -0.2) is 13.6 Å². The van der Waals surface area contributed by atoms with Gasteiger partial charge in [0, 0.05) is 24.4 Å². The summed E-state index contributed by atoms with van der Waals surface area (Å²) in [6.07, 6.45) is 2.58. The van der Waals surface area contributed by atoms with Gasteiger partial charge in [-0.1, -0.05) is 68.4 Å². The van der Waals surface area contributed by atoms with Crippen LogP contribution in [0.15, 0.2) is 54.6 Å². The number of nitrogens with two attached hydrogens (primary N) is 1. The van der Waals surface area contributed by atoms with Crippen LogP contribution < -0.4 is 5.14 Å². The monoisotopic (exact) mass is 426 g/mol. The summed E-state index contributed by atoms with van der Waals surface area (Å²) in [5.41, 5.74) is 3.29. The van der Waals surface area contributed by atoms with Crippen LogP contribution in [0.1, 0.15) is 32.3 Å². The lowest BCUT2D eigenvalue weighted by Gasteiger charge is -2.30. The van der Waals surface area contributed by atoms with Gasteiger partial charge in [-0.2, -0.15) is 0 Å². The molecule has 6 heteroatoms. The summed E-state index contributed by atoms with van der Waals surface area (Å²) in [6, 6.07) is 18.4. The van der Waals surface area contributed by atoms with E-state index in [1.54, 1.807) is 0 Å². The summed E-state index contributed by atoms with van der Waals surface area (Å²) in [5, 5.41) is 5.47. The zero-order valence-electron chi connectivity index (χ0n) is 17.6. The van der Waals surface area contributed by atoms with Crippen molar-refractivity contribution in [3.8, 4) is 11.1 Å². The molecular formula is C24H30N2O3S. The normalized spacial score (nSPS) is 22.6. The predicted octanol–water partition coefficient (Wildman–Crippen LogP) is 3.45. The molecule has 2 aromatic carbocycles. The Hall–Kier alpha value is -2.18. The molecule has 2 fully saturated rings. The number of amides is 1. The van der Waals surface area contributed by atoms with E-state index in [4.69, 9.17) is 5.14 Å². The van der Waals surface area contributed by atoms with Gasteiger partial charge in [0.05, 0.1) is 5.75 Å². The maximum Gasteiger partial charge on any atom is 0.225 e. The van der Waals surface area contributed by atoms with Gasteiger partial charge in [0.15, 0.2) is 0 Å². The number of primary sulfonamides is 1. The summed E-state index contributed by atoms with van der Waals surface area (Å²) in [4.78, 5) is 15.0. The number of benzene rings is 2. The van der Waals surface area contributed by atoms with E-state index in [9.17, 15) is 13.2 Å². The van der Waals surface area contributed by atoms with Crippen LogP contribution in [-0.2, 0) is 21.2 Å². The molecule has 0 radical (unpaired) electrons. The molecule has 30 heavy (non-hydrogen) atoms. The highest BCUT2D eigenvalue weighted by Crippen LogP contribution is 2.59. The van der Waals surface area contributed by atoms with Crippen LogP contribution in [0.4, 0.5) is 0 Å². The standard InChI is InChI=1S/C24H30N2O3S/c1-17(2)23(27)26-16-24(11-12-24)21(15-30(25,28)29)22(26)14-18-7-6-10-20(13-18)19-8-4-3-5-9-19/h3-10,13,17,21-22H,11-12,14-16H2,1-2H3,(H2,25,28,29). The van der Waals surface area contributed by atoms with E-state index in [1.807, 2.05) is 43.0 Å². The first-order valence-corrected chi connectivity index (χ1v) is 12.4. The van der Waals surface area contributed by atoms with Crippen molar-refractivity contribution < 1.29 is 13.2 Å². The Morgan fingerprint density at radius 3 is 2.37 bits per heavy atom. The van der Waals surface area contributed by atoms with Crippen molar-refractivity contribution in [1.82, 2.24) is 4.90 Å². The average molecular weight is 427 g/mol. The number of rotatable bonds is 6. The third-order valence-corrected chi connectivity index (χ3v) is 7.52. The molecule has 160 valence electrons. The van der Waals surface area contributed by atoms with E-state index < -0.39 is 10.0 Å². The molecule has 0 aromatic heterocycles. The molecule has 0 bridgehead atoms. The van der Waals surface area contributed by atoms with Crippen LogP contribution in [0.5, 0.6) is 0 Å². The van der Waals surface area contributed by atoms with Gasteiger partial charge < -0.3 is 4.90 Å². The number of likely N-dealkylation sites (tertiary alicyclic amines) is 1. The third-order valence-electron chi connectivity index (χ3n) is 6.70. The molecule has 5 nitrogen and oxygen atoms in total. The number of carbonyl (C=O) groups excluding carboxylic acids is 1. The number of carbonyl (C=O) groups is 1. The summed E-state index contributed by atoms with van der Waals surface area (Å²) in [7, 11) is -3.62.